The second-order valence-electron chi connectivity index (χ2n) is 8.44. The minimum absolute atomic E-state index is 0.230. The van der Waals surface area contributed by atoms with Gasteiger partial charge in [-0.2, -0.15) is 0 Å². The smallest absolute Gasteiger partial charge is 0.0271 e. The van der Waals surface area contributed by atoms with Crippen molar-refractivity contribution in [2.24, 2.45) is 16.7 Å². The Morgan fingerprint density at radius 3 is 2.28 bits per heavy atom. The van der Waals surface area contributed by atoms with Crippen LogP contribution in [0.5, 0.6) is 0 Å². The Balaban J connectivity index is 2.06. The molecule has 2 heteroatoms. The Kier molecular flexibility index (Phi) is 3.35. The lowest BCUT2D eigenvalue weighted by molar-refractivity contribution is 0.0890. The highest BCUT2D eigenvalue weighted by molar-refractivity contribution is 5.12. The maximum atomic E-state index is 3.92. The molecule has 2 nitrogen and oxygen atoms in total. The Bertz CT molecular complexity index is 314. The Hall–Kier alpha value is -0.0800. The van der Waals surface area contributed by atoms with Crippen LogP contribution in [0.1, 0.15) is 53.9 Å². The summed E-state index contributed by atoms with van der Waals surface area (Å²) in [5.74, 6) is 0.933. The van der Waals surface area contributed by atoms with Crippen LogP contribution in [0.4, 0.5) is 0 Å². The van der Waals surface area contributed by atoms with E-state index in [1.165, 1.54) is 19.3 Å². The number of nitrogens with one attached hydrogen (secondary N) is 1. The summed E-state index contributed by atoms with van der Waals surface area (Å²) < 4.78 is 0. The summed E-state index contributed by atoms with van der Waals surface area (Å²) in [6.07, 6.45) is 4.29. The minimum Gasteiger partial charge on any atom is -0.311 e. The van der Waals surface area contributed by atoms with Crippen LogP contribution in [0.2, 0.25) is 0 Å². The zero-order valence-corrected chi connectivity index (χ0v) is 13.4. The maximum absolute atomic E-state index is 3.92. The van der Waals surface area contributed by atoms with Gasteiger partial charge in [-0.15, -0.1) is 0 Å². The second-order valence-corrected chi connectivity index (χ2v) is 8.44. The van der Waals surface area contributed by atoms with E-state index in [1.807, 2.05) is 0 Å². The van der Waals surface area contributed by atoms with Gasteiger partial charge in [0.25, 0.3) is 0 Å². The molecule has 2 rings (SSSR count). The van der Waals surface area contributed by atoms with Crippen LogP contribution in [0.3, 0.4) is 0 Å². The number of likely N-dealkylation sites (N-methyl/N-ethyl adjacent to an activating group) is 1. The molecule has 2 aliphatic rings. The predicted octanol–water partition coefficient (Wildman–Crippen LogP) is 3.13. The Labute approximate surface area is 114 Å². The molecular formula is C16H32N2. The highest BCUT2D eigenvalue weighted by Gasteiger charge is 2.59. The van der Waals surface area contributed by atoms with E-state index in [2.05, 4.69) is 58.9 Å². The van der Waals surface area contributed by atoms with Gasteiger partial charge in [0.05, 0.1) is 0 Å². The largest absolute Gasteiger partial charge is 0.311 e. The summed E-state index contributed by atoms with van der Waals surface area (Å²) in [7, 11) is 4.35. The number of rotatable bonds is 4. The lowest BCUT2D eigenvalue weighted by Crippen LogP contribution is -2.56. The molecule has 1 unspecified atom stereocenters. The summed E-state index contributed by atoms with van der Waals surface area (Å²) in [6.45, 7) is 13.2. The quantitative estimate of drug-likeness (QED) is 0.827. The van der Waals surface area contributed by atoms with Crippen molar-refractivity contribution in [3.63, 3.8) is 0 Å². The van der Waals surface area contributed by atoms with Gasteiger partial charge >= 0.3 is 0 Å². The molecule has 2 saturated carbocycles. The summed E-state index contributed by atoms with van der Waals surface area (Å²) >= 11 is 0. The van der Waals surface area contributed by atoms with Crippen molar-refractivity contribution < 1.29 is 0 Å². The SMILES string of the molecule is CN(C)C(C)(C)CNC1C(C)(C)[C@H]2CC[C@]1(C)C2. The lowest BCUT2D eigenvalue weighted by atomic mass is 9.68. The molecule has 0 aromatic carbocycles. The molecule has 2 aliphatic carbocycles. The minimum atomic E-state index is 0.230. The van der Waals surface area contributed by atoms with E-state index in [1.54, 1.807) is 0 Å². The normalized spacial score (nSPS) is 38.7. The molecule has 106 valence electrons. The average Bonchev–Trinajstić information content (AvgIpc) is 2.68. The Morgan fingerprint density at radius 1 is 1.22 bits per heavy atom. The zero-order valence-electron chi connectivity index (χ0n) is 13.4. The number of hydrogen-bond acceptors (Lipinski definition) is 2. The third kappa shape index (κ3) is 2.12. The molecule has 0 aromatic rings. The third-order valence-electron chi connectivity index (χ3n) is 6.22. The van der Waals surface area contributed by atoms with Gasteiger partial charge in [0, 0.05) is 18.1 Å². The molecule has 2 fully saturated rings. The van der Waals surface area contributed by atoms with E-state index >= 15 is 0 Å². The molecule has 0 aliphatic heterocycles. The fourth-order valence-electron chi connectivity index (χ4n) is 4.32. The van der Waals surface area contributed by atoms with E-state index in [0.717, 1.165) is 12.5 Å². The fraction of sp³-hybridized carbons (Fsp3) is 1.00. The van der Waals surface area contributed by atoms with Crippen LogP contribution in [-0.4, -0.2) is 37.1 Å². The molecule has 1 N–H and O–H groups in total. The third-order valence-corrected chi connectivity index (χ3v) is 6.22. The van der Waals surface area contributed by atoms with Crippen LogP contribution in [-0.2, 0) is 0 Å². The lowest BCUT2D eigenvalue weighted by Gasteiger charge is -2.45. The summed E-state index contributed by atoms with van der Waals surface area (Å²) in [4.78, 5) is 2.32. The zero-order chi connectivity index (χ0) is 13.8. The van der Waals surface area contributed by atoms with E-state index in [4.69, 9.17) is 0 Å². The van der Waals surface area contributed by atoms with Crippen molar-refractivity contribution in [3.05, 3.63) is 0 Å². The average molecular weight is 252 g/mol. The summed E-state index contributed by atoms with van der Waals surface area (Å²) in [5, 5.41) is 3.92. The fourth-order valence-corrected chi connectivity index (χ4v) is 4.32. The molecule has 0 aromatic heterocycles. The molecule has 0 spiro atoms. The van der Waals surface area contributed by atoms with Crippen molar-refractivity contribution in [1.29, 1.82) is 0 Å². The first-order valence-corrected chi connectivity index (χ1v) is 7.50. The van der Waals surface area contributed by atoms with Gasteiger partial charge in [0.1, 0.15) is 0 Å². The summed E-state index contributed by atoms with van der Waals surface area (Å²) in [5.41, 5.74) is 1.24. The highest BCUT2D eigenvalue weighted by Crippen LogP contribution is 2.62. The van der Waals surface area contributed by atoms with Gasteiger partial charge in [0.15, 0.2) is 0 Å². The van der Waals surface area contributed by atoms with E-state index < -0.39 is 0 Å². The van der Waals surface area contributed by atoms with Gasteiger partial charge < -0.3 is 10.2 Å². The highest BCUT2D eigenvalue weighted by atomic mass is 15.2. The number of fused-ring (bicyclic) bond motifs is 2. The molecule has 18 heavy (non-hydrogen) atoms. The molecular weight excluding hydrogens is 220 g/mol. The van der Waals surface area contributed by atoms with Gasteiger partial charge in [-0.3, -0.25) is 0 Å². The molecule has 0 amide bonds. The van der Waals surface area contributed by atoms with Crippen molar-refractivity contribution >= 4 is 0 Å². The van der Waals surface area contributed by atoms with Crippen molar-refractivity contribution in [2.45, 2.75) is 65.5 Å². The monoisotopic (exact) mass is 252 g/mol. The molecule has 0 saturated heterocycles. The van der Waals surface area contributed by atoms with Gasteiger partial charge in [-0.1, -0.05) is 20.8 Å². The van der Waals surface area contributed by atoms with Gasteiger partial charge in [-0.05, 0) is 64.0 Å². The van der Waals surface area contributed by atoms with Crippen LogP contribution in [0.15, 0.2) is 0 Å². The van der Waals surface area contributed by atoms with Crippen LogP contribution in [0.25, 0.3) is 0 Å². The first-order valence-electron chi connectivity index (χ1n) is 7.50. The van der Waals surface area contributed by atoms with Crippen molar-refractivity contribution in [2.75, 3.05) is 20.6 Å². The van der Waals surface area contributed by atoms with Gasteiger partial charge in [0.2, 0.25) is 0 Å². The second kappa shape index (κ2) is 4.21. The number of hydrogen-bond donors (Lipinski definition) is 1. The predicted molar refractivity (Wildman–Crippen MR) is 78.8 cm³/mol. The first-order chi connectivity index (χ1) is 8.09. The maximum Gasteiger partial charge on any atom is 0.0271 e. The topological polar surface area (TPSA) is 15.3 Å². The van der Waals surface area contributed by atoms with E-state index in [9.17, 15) is 0 Å². The molecule has 0 radical (unpaired) electrons. The Morgan fingerprint density at radius 2 is 1.83 bits per heavy atom. The van der Waals surface area contributed by atoms with E-state index in [0.29, 0.717) is 16.9 Å². The van der Waals surface area contributed by atoms with Crippen molar-refractivity contribution in [1.82, 2.24) is 10.2 Å². The van der Waals surface area contributed by atoms with Crippen molar-refractivity contribution in [3.8, 4) is 0 Å². The van der Waals surface area contributed by atoms with E-state index in [-0.39, 0.29) is 5.54 Å². The molecule has 2 bridgehead atoms. The molecule has 3 atom stereocenters. The van der Waals surface area contributed by atoms with Crippen LogP contribution < -0.4 is 5.32 Å². The van der Waals surface area contributed by atoms with Crippen LogP contribution >= 0.6 is 0 Å². The number of nitrogens with zero attached hydrogens (tertiary/aromatic N) is 1. The molecule has 0 heterocycles. The van der Waals surface area contributed by atoms with Gasteiger partial charge in [-0.25, -0.2) is 0 Å². The standard InChI is InChI=1S/C16H32N2/c1-14(2,18(6)7)11-17-13-15(3,4)12-8-9-16(13,5)10-12/h12-13,17H,8-11H2,1-7H3/t12-,13?,16+/m0/s1. The summed E-state index contributed by atoms with van der Waals surface area (Å²) in [6, 6.07) is 0.683. The van der Waals surface area contributed by atoms with Crippen LogP contribution in [0, 0.1) is 16.7 Å². The first kappa shape index (κ1) is 14.3.